The van der Waals surface area contributed by atoms with Gasteiger partial charge in [-0.1, -0.05) is 6.07 Å². The number of phenols is 2. The van der Waals surface area contributed by atoms with Gasteiger partial charge < -0.3 is 20.6 Å². The molecule has 0 unspecified atom stereocenters. The van der Waals surface area contributed by atoms with Gasteiger partial charge in [-0.3, -0.25) is 4.79 Å². The molecular weight excluding hydrogens is 281 g/mol. The van der Waals surface area contributed by atoms with Crippen molar-refractivity contribution in [3.05, 3.63) is 53.3 Å². The lowest BCUT2D eigenvalue weighted by atomic mass is 10.1. The van der Waals surface area contributed by atoms with E-state index in [1.165, 1.54) is 6.07 Å². The van der Waals surface area contributed by atoms with Gasteiger partial charge in [0.1, 0.15) is 17.3 Å². The number of anilines is 1. The van der Waals surface area contributed by atoms with E-state index in [1.807, 2.05) is 0 Å². The van der Waals surface area contributed by atoms with E-state index < -0.39 is 34.7 Å². The Morgan fingerprint density at radius 2 is 1.76 bits per heavy atom. The zero-order valence-electron chi connectivity index (χ0n) is 10.5. The number of hydrogen-bond acceptors (Lipinski definition) is 4. The first-order chi connectivity index (χ1) is 9.90. The number of nitrogens with one attached hydrogen (secondary N) is 1. The molecule has 0 aliphatic rings. The Morgan fingerprint density at radius 1 is 1.05 bits per heavy atom. The molecular formula is C14H10FNO5. The van der Waals surface area contributed by atoms with Crippen LogP contribution in [0.3, 0.4) is 0 Å². The summed E-state index contributed by atoms with van der Waals surface area (Å²) < 4.78 is 13.7. The molecule has 0 bridgehead atoms. The number of carboxylic acid groups (broad SMARTS) is 1. The number of phenolic OH excluding ortho intramolecular Hbond substituents is 2. The average Bonchev–Trinajstić information content (AvgIpc) is 2.43. The molecule has 7 heteroatoms. The van der Waals surface area contributed by atoms with E-state index in [1.54, 1.807) is 0 Å². The van der Waals surface area contributed by atoms with Crippen molar-refractivity contribution in [1.82, 2.24) is 0 Å². The number of carbonyl (C=O) groups excluding carboxylic acids is 1. The van der Waals surface area contributed by atoms with Crippen LogP contribution in [0, 0.1) is 5.82 Å². The molecule has 21 heavy (non-hydrogen) atoms. The molecule has 0 saturated carbocycles. The van der Waals surface area contributed by atoms with E-state index in [2.05, 4.69) is 5.32 Å². The van der Waals surface area contributed by atoms with Crippen molar-refractivity contribution in [3.63, 3.8) is 0 Å². The van der Waals surface area contributed by atoms with Crippen molar-refractivity contribution >= 4 is 17.6 Å². The highest BCUT2D eigenvalue weighted by Gasteiger charge is 2.19. The van der Waals surface area contributed by atoms with E-state index in [4.69, 9.17) is 5.11 Å². The van der Waals surface area contributed by atoms with Gasteiger partial charge in [-0.25, -0.2) is 9.18 Å². The Hall–Kier alpha value is -3.09. The zero-order valence-corrected chi connectivity index (χ0v) is 10.5. The third kappa shape index (κ3) is 2.92. The van der Waals surface area contributed by atoms with Crippen LogP contribution in [0.25, 0.3) is 0 Å². The number of hydrogen-bond donors (Lipinski definition) is 4. The van der Waals surface area contributed by atoms with Crippen LogP contribution in [0.2, 0.25) is 0 Å². The second-order valence-corrected chi connectivity index (χ2v) is 4.12. The molecule has 0 aliphatic carbocycles. The van der Waals surface area contributed by atoms with E-state index in [9.17, 15) is 24.2 Å². The molecule has 1 amide bonds. The number of halogens is 1. The Morgan fingerprint density at radius 3 is 2.43 bits per heavy atom. The molecule has 0 radical (unpaired) electrons. The molecule has 0 saturated heterocycles. The summed E-state index contributed by atoms with van der Waals surface area (Å²) in [5.74, 6) is -3.99. The van der Waals surface area contributed by atoms with Gasteiger partial charge in [0.2, 0.25) is 0 Å². The minimum absolute atomic E-state index is 0.273. The summed E-state index contributed by atoms with van der Waals surface area (Å²) in [7, 11) is 0. The number of aromatic carboxylic acids is 1. The third-order valence-electron chi connectivity index (χ3n) is 2.71. The van der Waals surface area contributed by atoms with Gasteiger partial charge in [0.15, 0.2) is 0 Å². The maximum atomic E-state index is 13.7. The van der Waals surface area contributed by atoms with Gasteiger partial charge in [0.25, 0.3) is 5.91 Å². The van der Waals surface area contributed by atoms with Crippen LogP contribution in [0.1, 0.15) is 20.7 Å². The van der Waals surface area contributed by atoms with Crippen LogP contribution in [0.5, 0.6) is 11.5 Å². The lowest BCUT2D eigenvalue weighted by molar-refractivity contribution is 0.0697. The summed E-state index contributed by atoms with van der Waals surface area (Å²) in [6.45, 7) is 0. The first kappa shape index (κ1) is 14.3. The Bertz CT molecular complexity index is 729. The Balaban J connectivity index is 2.41. The predicted molar refractivity (Wildman–Crippen MR) is 71.1 cm³/mol. The van der Waals surface area contributed by atoms with Crippen molar-refractivity contribution < 1.29 is 29.3 Å². The normalized spacial score (nSPS) is 10.1. The van der Waals surface area contributed by atoms with Crippen molar-refractivity contribution in [1.29, 1.82) is 0 Å². The van der Waals surface area contributed by atoms with Crippen LogP contribution in [-0.2, 0) is 0 Å². The molecule has 2 rings (SSSR count). The molecule has 0 aromatic heterocycles. The quantitative estimate of drug-likeness (QED) is 0.648. The minimum atomic E-state index is -1.41. The van der Waals surface area contributed by atoms with Crippen LogP contribution in [-0.4, -0.2) is 27.2 Å². The minimum Gasteiger partial charge on any atom is -0.508 e. The lowest BCUT2D eigenvalue weighted by Crippen LogP contribution is -2.16. The van der Waals surface area contributed by atoms with Crippen molar-refractivity contribution in [3.8, 4) is 11.5 Å². The van der Waals surface area contributed by atoms with Gasteiger partial charge >= 0.3 is 5.97 Å². The summed E-state index contributed by atoms with van der Waals surface area (Å²) in [6.07, 6.45) is 0. The van der Waals surface area contributed by atoms with Crippen molar-refractivity contribution in [2.45, 2.75) is 0 Å². The number of rotatable bonds is 3. The number of carbonyl (C=O) groups is 2. The van der Waals surface area contributed by atoms with Gasteiger partial charge in [0.05, 0.1) is 16.8 Å². The number of benzene rings is 2. The Labute approximate surface area is 118 Å². The number of amides is 1. The van der Waals surface area contributed by atoms with E-state index in [0.717, 1.165) is 30.3 Å². The summed E-state index contributed by atoms with van der Waals surface area (Å²) in [4.78, 5) is 23.0. The second-order valence-electron chi connectivity index (χ2n) is 4.12. The standard InChI is InChI=1S/C14H10FNO5/c15-10-3-1-2-8(14(20)21)12(10)16-13(19)9-6-7(17)4-5-11(9)18/h1-6,17-18H,(H,16,19)(H,20,21). The monoisotopic (exact) mass is 291 g/mol. The van der Waals surface area contributed by atoms with Gasteiger partial charge in [-0.2, -0.15) is 0 Å². The first-order valence-electron chi connectivity index (χ1n) is 5.75. The molecule has 2 aromatic carbocycles. The molecule has 108 valence electrons. The van der Waals surface area contributed by atoms with Gasteiger partial charge in [-0.05, 0) is 30.3 Å². The van der Waals surface area contributed by atoms with Gasteiger partial charge in [-0.15, -0.1) is 0 Å². The molecule has 2 aromatic rings. The fraction of sp³-hybridized carbons (Fsp3) is 0. The molecule has 6 nitrogen and oxygen atoms in total. The highest BCUT2D eigenvalue weighted by Crippen LogP contribution is 2.25. The first-order valence-corrected chi connectivity index (χ1v) is 5.75. The van der Waals surface area contributed by atoms with E-state index in [0.29, 0.717) is 0 Å². The average molecular weight is 291 g/mol. The molecule has 4 N–H and O–H groups in total. The number of para-hydroxylation sites is 1. The molecule has 0 atom stereocenters. The SMILES string of the molecule is O=C(Nc1c(F)cccc1C(=O)O)c1cc(O)ccc1O. The number of aromatic hydroxyl groups is 2. The number of carboxylic acids is 1. The lowest BCUT2D eigenvalue weighted by Gasteiger charge is -2.10. The largest absolute Gasteiger partial charge is 0.508 e. The zero-order chi connectivity index (χ0) is 15.6. The summed E-state index contributed by atoms with van der Waals surface area (Å²) in [5, 5.41) is 29.9. The summed E-state index contributed by atoms with van der Waals surface area (Å²) in [5.41, 5.74) is -1.25. The smallest absolute Gasteiger partial charge is 0.337 e. The molecule has 0 fully saturated rings. The van der Waals surface area contributed by atoms with E-state index in [-0.39, 0.29) is 11.3 Å². The highest BCUT2D eigenvalue weighted by atomic mass is 19.1. The topological polar surface area (TPSA) is 107 Å². The van der Waals surface area contributed by atoms with Crippen LogP contribution < -0.4 is 5.32 Å². The highest BCUT2D eigenvalue weighted by molar-refractivity contribution is 6.09. The van der Waals surface area contributed by atoms with Crippen molar-refractivity contribution in [2.75, 3.05) is 5.32 Å². The maximum absolute atomic E-state index is 13.7. The molecule has 0 heterocycles. The van der Waals surface area contributed by atoms with E-state index >= 15 is 0 Å². The van der Waals surface area contributed by atoms with Gasteiger partial charge in [0, 0.05) is 0 Å². The fourth-order valence-corrected chi connectivity index (χ4v) is 1.72. The summed E-state index contributed by atoms with van der Waals surface area (Å²) in [6, 6.07) is 6.54. The maximum Gasteiger partial charge on any atom is 0.337 e. The third-order valence-corrected chi connectivity index (χ3v) is 2.71. The second kappa shape index (κ2) is 5.49. The molecule has 0 aliphatic heterocycles. The van der Waals surface area contributed by atoms with Crippen molar-refractivity contribution in [2.24, 2.45) is 0 Å². The van der Waals surface area contributed by atoms with Crippen LogP contribution in [0.15, 0.2) is 36.4 Å². The fourth-order valence-electron chi connectivity index (χ4n) is 1.72. The molecule has 0 spiro atoms. The predicted octanol–water partition coefficient (Wildman–Crippen LogP) is 2.19. The van der Waals surface area contributed by atoms with Crippen LogP contribution in [0.4, 0.5) is 10.1 Å². The van der Waals surface area contributed by atoms with Crippen LogP contribution >= 0.6 is 0 Å². The Kier molecular flexibility index (Phi) is 3.75. The summed E-state index contributed by atoms with van der Waals surface area (Å²) >= 11 is 0.